The second kappa shape index (κ2) is 9.39. The number of aliphatic imine (C=N–C) groups is 1. The largest absolute Gasteiger partial charge is 0.356 e. The third-order valence-electron chi connectivity index (χ3n) is 5.23. The maximum atomic E-state index is 12.6. The Morgan fingerprint density at radius 1 is 1.31 bits per heavy atom. The summed E-state index contributed by atoms with van der Waals surface area (Å²) in [5.74, 6) is 0.0762. The van der Waals surface area contributed by atoms with E-state index in [0.29, 0.717) is 25.2 Å². The Bertz CT molecular complexity index is 897. The molecule has 1 fully saturated rings. The molecule has 1 atom stereocenters. The highest BCUT2D eigenvalue weighted by atomic mass is 32.2. The minimum Gasteiger partial charge on any atom is -0.356 e. The summed E-state index contributed by atoms with van der Waals surface area (Å²) >= 11 is 0. The number of nitrogens with zero attached hydrogens (tertiary/aromatic N) is 2. The number of likely N-dealkylation sites (tertiary alicyclic amines) is 1. The highest BCUT2D eigenvalue weighted by molar-refractivity contribution is 7.90. The van der Waals surface area contributed by atoms with Crippen LogP contribution < -0.4 is 10.0 Å². The summed E-state index contributed by atoms with van der Waals surface area (Å²) in [6.07, 6.45) is 3.76. The molecule has 2 N–H and O–H groups in total. The lowest BCUT2D eigenvalue weighted by Gasteiger charge is -2.32. The summed E-state index contributed by atoms with van der Waals surface area (Å²) in [6, 6.07) is 6.64. The van der Waals surface area contributed by atoms with Crippen LogP contribution in [0.15, 0.2) is 34.2 Å². The molecule has 0 radical (unpaired) electrons. The lowest BCUT2D eigenvalue weighted by atomic mass is 9.97. The molecule has 1 saturated heterocycles. The van der Waals surface area contributed by atoms with Crippen LogP contribution in [0.3, 0.4) is 0 Å². The number of amidine groups is 1. The lowest BCUT2D eigenvalue weighted by Crippen LogP contribution is -2.45. The van der Waals surface area contributed by atoms with Crippen LogP contribution in [-0.2, 0) is 19.6 Å². The van der Waals surface area contributed by atoms with E-state index < -0.39 is 10.0 Å². The highest BCUT2D eigenvalue weighted by Crippen LogP contribution is 2.22. The van der Waals surface area contributed by atoms with Gasteiger partial charge >= 0.3 is 0 Å². The number of fused-ring (bicyclic) bond motifs is 1. The SMILES string of the molecule is CCCCNC(=O)C1CCCN(C(=O)CCN=C2NS(=O)(=O)c3ccccc32)C1. The number of sulfonamides is 1. The monoisotopic (exact) mass is 420 g/mol. The van der Waals surface area contributed by atoms with Crippen molar-refractivity contribution in [1.82, 2.24) is 14.9 Å². The molecule has 8 nitrogen and oxygen atoms in total. The number of nitrogens with one attached hydrogen (secondary N) is 2. The number of carbonyl (C=O) groups excluding carboxylic acids is 2. The standard InChI is InChI=1S/C20H28N4O4S/c1-2-3-11-22-20(26)15-7-6-13-24(14-15)18(25)10-12-21-19-16-8-4-5-9-17(16)29(27,28)23-19/h4-5,8-9,15H,2-3,6-7,10-14H2,1H3,(H,21,23)(H,22,26). The smallest absolute Gasteiger partial charge is 0.263 e. The third kappa shape index (κ3) is 5.14. The maximum absolute atomic E-state index is 12.6. The number of piperidine rings is 1. The molecule has 3 rings (SSSR count). The quantitative estimate of drug-likeness (QED) is 0.648. The average molecular weight is 421 g/mol. The first-order chi connectivity index (χ1) is 13.9. The zero-order chi connectivity index (χ0) is 20.9. The van der Waals surface area contributed by atoms with E-state index in [2.05, 4.69) is 22.0 Å². The van der Waals surface area contributed by atoms with E-state index >= 15 is 0 Å². The van der Waals surface area contributed by atoms with Gasteiger partial charge in [-0.3, -0.25) is 19.3 Å². The second-order valence-electron chi connectivity index (χ2n) is 7.41. The van der Waals surface area contributed by atoms with E-state index in [1.165, 1.54) is 6.07 Å². The van der Waals surface area contributed by atoms with Crippen molar-refractivity contribution in [3.63, 3.8) is 0 Å². The predicted octanol–water partition coefficient (Wildman–Crippen LogP) is 1.27. The Morgan fingerprint density at radius 3 is 2.90 bits per heavy atom. The highest BCUT2D eigenvalue weighted by Gasteiger charge is 2.30. The van der Waals surface area contributed by atoms with E-state index in [4.69, 9.17) is 0 Å². The molecular formula is C20H28N4O4S. The zero-order valence-electron chi connectivity index (χ0n) is 16.7. The molecule has 0 aliphatic carbocycles. The number of benzene rings is 1. The van der Waals surface area contributed by atoms with Gasteiger partial charge in [0.25, 0.3) is 10.0 Å². The topological polar surface area (TPSA) is 108 Å². The summed E-state index contributed by atoms with van der Waals surface area (Å²) in [5.41, 5.74) is 0.529. The van der Waals surface area contributed by atoms with Crippen molar-refractivity contribution >= 4 is 27.7 Å². The van der Waals surface area contributed by atoms with Crippen LogP contribution in [0.4, 0.5) is 0 Å². The Kier molecular flexibility index (Phi) is 6.89. The predicted molar refractivity (Wildman–Crippen MR) is 110 cm³/mol. The summed E-state index contributed by atoms with van der Waals surface area (Å²) in [7, 11) is -3.57. The van der Waals surface area contributed by atoms with Crippen LogP contribution in [0.25, 0.3) is 0 Å². The van der Waals surface area contributed by atoms with Crippen molar-refractivity contribution in [3.8, 4) is 0 Å². The number of hydrogen-bond acceptors (Lipinski definition) is 5. The van der Waals surface area contributed by atoms with Crippen LogP contribution in [-0.4, -0.2) is 57.1 Å². The molecule has 2 amide bonds. The number of rotatable bonds is 7. The molecule has 0 spiro atoms. The van der Waals surface area contributed by atoms with Crippen molar-refractivity contribution in [2.75, 3.05) is 26.2 Å². The molecule has 0 saturated carbocycles. The zero-order valence-corrected chi connectivity index (χ0v) is 17.5. The molecule has 158 valence electrons. The van der Waals surface area contributed by atoms with Gasteiger partial charge in [-0.15, -0.1) is 0 Å². The van der Waals surface area contributed by atoms with E-state index in [0.717, 1.165) is 25.7 Å². The summed E-state index contributed by atoms with van der Waals surface area (Å²) < 4.78 is 26.6. The van der Waals surface area contributed by atoms with Crippen LogP contribution >= 0.6 is 0 Å². The van der Waals surface area contributed by atoms with E-state index in [1.54, 1.807) is 23.1 Å². The van der Waals surface area contributed by atoms with Crippen molar-refractivity contribution in [2.24, 2.45) is 10.9 Å². The van der Waals surface area contributed by atoms with Crippen LogP contribution in [0.2, 0.25) is 0 Å². The molecule has 2 heterocycles. The molecule has 29 heavy (non-hydrogen) atoms. The Morgan fingerprint density at radius 2 is 2.10 bits per heavy atom. The van der Waals surface area contributed by atoms with Gasteiger partial charge in [-0.2, -0.15) is 0 Å². The van der Waals surface area contributed by atoms with Crippen molar-refractivity contribution < 1.29 is 18.0 Å². The Hall–Kier alpha value is -2.42. The van der Waals surface area contributed by atoms with Gasteiger partial charge in [0.2, 0.25) is 11.8 Å². The molecule has 2 aliphatic rings. The van der Waals surface area contributed by atoms with Crippen LogP contribution in [0.5, 0.6) is 0 Å². The van der Waals surface area contributed by atoms with Crippen molar-refractivity contribution in [1.29, 1.82) is 0 Å². The van der Waals surface area contributed by atoms with Gasteiger partial charge in [0.05, 0.1) is 17.4 Å². The number of hydrogen-bond donors (Lipinski definition) is 2. The summed E-state index contributed by atoms with van der Waals surface area (Å²) in [6.45, 7) is 4.02. The molecule has 1 unspecified atom stereocenters. The van der Waals surface area contributed by atoms with Gasteiger partial charge in [0, 0.05) is 31.6 Å². The lowest BCUT2D eigenvalue weighted by molar-refractivity contribution is -0.135. The summed E-state index contributed by atoms with van der Waals surface area (Å²) in [5, 5.41) is 2.95. The van der Waals surface area contributed by atoms with Gasteiger partial charge in [0.15, 0.2) is 0 Å². The number of unbranched alkanes of at least 4 members (excludes halogenated alkanes) is 1. The van der Waals surface area contributed by atoms with Crippen LogP contribution in [0, 0.1) is 5.92 Å². The molecule has 1 aromatic carbocycles. The van der Waals surface area contributed by atoms with Crippen molar-refractivity contribution in [2.45, 2.75) is 43.9 Å². The fourth-order valence-electron chi connectivity index (χ4n) is 3.62. The molecular weight excluding hydrogens is 392 g/mol. The molecule has 9 heteroatoms. The van der Waals surface area contributed by atoms with Crippen molar-refractivity contribution in [3.05, 3.63) is 29.8 Å². The number of amides is 2. The first-order valence-corrected chi connectivity index (χ1v) is 11.6. The van der Waals surface area contributed by atoms with E-state index in [9.17, 15) is 18.0 Å². The van der Waals surface area contributed by atoms with Gasteiger partial charge < -0.3 is 10.2 Å². The van der Waals surface area contributed by atoms with E-state index in [-0.39, 0.29) is 41.4 Å². The normalized spacial score (nSPS) is 21.5. The Labute approximate surface area is 171 Å². The molecule has 0 bridgehead atoms. The Balaban J connectivity index is 1.53. The molecule has 2 aliphatic heterocycles. The maximum Gasteiger partial charge on any atom is 0.263 e. The first-order valence-electron chi connectivity index (χ1n) is 10.1. The van der Waals surface area contributed by atoms with Gasteiger partial charge in [0.1, 0.15) is 5.84 Å². The fourth-order valence-corrected chi connectivity index (χ4v) is 4.87. The first kappa shape index (κ1) is 21.3. The second-order valence-corrected chi connectivity index (χ2v) is 9.06. The van der Waals surface area contributed by atoms with Gasteiger partial charge in [-0.25, -0.2) is 8.42 Å². The minimum atomic E-state index is -3.57. The molecule has 0 aromatic heterocycles. The third-order valence-corrected chi connectivity index (χ3v) is 6.63. The minimum absolute atomic E-state index is 0.0214. The van der Waals surface area contributed by atoms with Gasteiger partial charge in [-0.1, -0.05) is 25.5 Å². The average Bonchev–Trinajstić information content (AvgIpc) is 2.98. The van der Waals surface area contributed by atoms with Crippen LogP contribution in [0.1, 0.15) is 44.6 Å². The number of carbonyl (C=O) groups is 2. The van der Waals surface area contributed by atoms with Gasteiger partial charge in [-0.05, 0) is 31.4 Å². The van der Waals surface area contributed by atoms with E-state index in [1.807, 2.05) is 0 Å². The summed E-state index contributed by atoms with van der Waals surface area (Å²) in [4.78, 5) is 31.1. The fraction of sp³-hybridized carbons (Fsp3) is 0.550. The molecule has 1 aromatic rings.